The monoisotopic (exact) mass is 533 g/mol. The summed E-state index contributed by atoms with van der Waals surface area (Å²) in [6, 6.07) is 12.1. The molecule has 8 nitrogen and oxygen atoms in total. The van der Waals surface area contributed by atoms with E-state index in [1.807, 2.05) is 24.5 Å². The van der Waals surface area contributed by atoms with E-state index in [0.29, 0.717) is 23.7 Å². The molecule has 2 aromatic rings. The molecular formula is C25H29ClFN5O3S. The average molecular weight is 534 g/mol. The smallest absolute Gasteiger partial charge is 0.333 e. The zero-order chi connectivity index (χ0) is 25.8. The van der Waals surface area contributed by atoms with Gasteiger partial charge in [-0.1, -0.05) is 35.9 Å². The van der Waals surface area contributed by atoms with Gasteiger partial charge in [0.25, 0.3) is 0 Å². The average Bonchev–Trinajstić information content (AvgIpc) is 2.84. The number of halogens is 2. The number of hydrazine groups is 1. The Kier molecular flexibility index (Phi) is 8.38. The Morgan fingerprint density at radius 2 is 1.92 bits per heavy atom. The Labute approximate surface area is 219 Å². The van der Waals surface area contributed by atoms with E-state index in [4.69, 9.17) is 11.6 Å². The minimum Gasteiger partial charge on any atom is -0.333 e. The SMILES string of the molecule is CSCC[C@H]1C(=O)N(Cc2cccc(Cl)c2)CC2N1C(=O)CN(C)N2C(=O)NCc1ccc(F)cc1. The molecule has 1 N–H and O–H groups in total. The van der Waals surface area contributed by atoms with E-state index in [9.17, 15) is 18.8 Å². The van der Waals surface area contributed by atoms with Crippen LogP contribution in [0, 0.1) is 5.82 Å². The Bertz CT molecular complexity index is 1120. The number of rotatable bonds is 7. The highest BCUT2D eigenvalue weighted by Gasteiger charge is 2.50. The molecular weight excluding hydrogens is 505 g/mol. The largest absolute Gasteiger partial charge is 0.334 e. The van der Waals surface area contributed by atoms with Crippen molar-refractivity contribution in [3.8, 4) is 0 Å². The van der Waals surface area contributed by atoms with E-state index in [-0.39, 0.29) is 37.3 Å². The summed E-state index contributed by atoms with van der Waals surface area (Å²) in [7, 11) is 1.68. The van der Waals surface area contributed by atoms with E-state index in [1.165, 1.54) is 17.1 Å². The standard InChI is InChI=1S/C25H29ClFN5O3S/c1-29-16-23(33)31-21(10-11-36-2)24(34)30(14-18-4-3-5-19(26)12-18)15-22(31)32(29)25(35)28-13-17-6-8-20(27)9-7-17/h3-9,12,21-22H,10-11,13-16H2,1-2H3,(H,28,35)/t21-,22?/m0/s1. The molecule has 0 bridgehead atoms. The molecule has 2 aliphatic rings. The summed E-state index contributed by atoms with van der Waals surface area (Å²) in [5, 5.41) is 6.54. The Balaban J connectivity index is 1.59. The molecule has 2 heterocycles. The zero-order valence-electron chi connectivity index (χ0n) is 20.2. The molecule has 2 saturated heterocycles. The van der Waals surface area contributed by atoms with Crippen LogP contribution in [0.2, 0.25) is 5.02 Å². The van der Waals surface area contributed by atoms with E-state index >= 15 is 0 Å². The van der Waals surface area contributed by atoms with Crippen molar-refractivity contribution in [3.63, 3.8) is 0 Å². The molecule has 2 aliphatic heterocycles. The number of benzene rings is 2. The van der Waals surface area contributed by atoms with Crippen molar-refractivity contribution in [2.24, 2.45) is 0 Å². The minimum absolute atomic E-state index is 0.0161. The van der Waals surface area contributed by atoms with Crippen LogP contribution in [0.1, 0.15) is 17.5 Å². The lowest BCUT2D eigenvalue weighted by atomic mass is 10.0. The molecule has 0 spiro atoms. The first-order chi connectivity index (χ1) is 17.3. The molecule has 2 fully saturated rings. The third kappa shape index (κ3) is 5.77. The van der Waals surface area contributed by atoms with Gasteiger partial charge in [-0.05, 0) is 53.8 Å². The highest BCUT2D eigenvalue weighted by Crippen LogP contribution is 2.29. The van der Waals surface area contributed by atoms with Gasteiger partial charge in [0.1, 0.15) is 18.0 Å². The molecule has 36 heavy (non-hydrogen) atoms. The predicted molar refractivity (Wildman–Crippen MR) is 137 cm³/mol. The topological polar surface area (TPSA) is 76.2 Å². The molecule has 11 heteroatoms. The molecule has 2 aromatic carbocycles. The Morgan fingerprint density at radius 3 is 2.61 bits per heavy atom. The molecule has 192 valence electrons. The molecule has 0 radical (unpaired) electrons. The van der Waals surface area contributed by atoms with Crippen molar-refractivity contribution in [2.45, 2.75) is 31.7 Å². The highest BCUT2D eigenvalue weighted by atomic mass is 35.5. The lowest BCUT2D eigenvalue weighted by Gasteiger charge is -2.54. The summed E-state index contributed by atoms with van der Waals surface area (Å²) in [4.78, 5) is 43.3. The Hall–Kier alpha value is -2.82. The van der Waals surface area contributed by atoms with Gasteiger partial charge >= 0.3 is 6.03 Å². The number of amides is 4. The van der Waals surface area contributed by atoms with Crippen LogP contribution in [-0.2, 0) is 22.7 Å². The van der Waals surface area contributed by atoms with Crippen LogP contribution in [0.3, 0.4) is 0 Å². The number of nitrogens with zero attached hydrogens (tertiary/aromatic N) is 4. The second-order valence-corrected chi connectivity index (χ2v) is 10.3. The lowest BCUT2D eigenvalue weighted by molar-refractivity contribution is -0.187. The fourth-order valence-corrected chi connectivity index (χ4v) is 5.34. The molecule has 4 amide bonds. The number of hydrogen-bond donors (Lipinski definition) is 1. The van der Waals surface area contributed by atoms with Crippen molar-refractivity contribution in [1.82, 2.24) is 25.1 Å². The second-order valence-electron chi connectivity index (χ2n) is 8.87. The van der Waals surface area contributed by atoms with Crippen LogP contribution in [0.15, 0.2) is 48.5 Å². The second kappa shape index (κ2) is 11.5. The predicted octanol–water partition coefficient (Wildman–Crippen LogP) is 3.17. The van der Waals surface area contributed by atoms with Gasteiger partial charge in [0.2, 0.25) is 11.8 Å². The number of urea groups is 1. The van der Waals surface area contributed by atoms with Crippen molar-refractivity contribution < 1.29 is 18.8 Å². The summed E-state index contributed by atoms with van der Waals surface area (Å²) in [6.45, 7) is 0.673. The third-order valence-corrected chi connectivity index (χ3v) is 7.24. The molecule has 0 aliphatic carbocycles. The summed E-state index contributed by atoms with van der Waals surface area (Å²) >= 11 is 7.76. The lowest BCUT2D eigenvalue weighted by Crippen LogP contribution is -2.75. The van der Waals surface area contributed by atoms with Gasteiger partial charge in [-0.3, -0.25) is 9.59 Å². The van der Waals surface area contributed by atoms with Crippen LogP contribution in [0.5, 0.6) is 0 Å². The fraction of sp³-hybridized carbons (Fsp3) is 0.400. The number of carbonyl (C=O) groups is 3. The maximum absolute atomic E-state index is 13.5. The van der Waals surface area contributed by atoms with Gasteiger partial charge in [-0.25, -0.2) is 19.2 Å². The van der Waals surface area contributed by atoms with Gasteiger partial charge in [-0.2, -0.15) is 11.8 Å². The molecule has 0 aromatic heterocycles. The molecule has 0 saturated carbocycles. The zero-order valence-corrected chi connectivity index (χ0v) is 21.8. The van der Waals surface area contributed by atoms with E-state index in [1.54, 1.807) is 51.8 Å². The number of nitrogens with one attached hydrogen (secondary N) is 1. The first kappa shape index (κ1) is 26.2. The number of fused-ring (bicyclic) bond motifs is 1. The number of likely N-dealkylation sites (N-methyl/N-ethyl adjacent to an activating group) is 1. The number of hydrogen-bond acceptors (Lipinski definition) is 5. The number of thioether (sulfide) groups is 1. The van der Waals surface area contributed by atoms with Gasteiger partial charge in [0.05, 0.1) is 13.1 Å². The fourth-order valence-electron chi connectivity index (χ4n) is 4.67. The van der Waals surface area contributed by atoms with E-state index in [0.717, 1.165) is 11.1 Å². The summed E-state index contributed by atoms with van der Waals surface area (Å²) in [5.41, 5.74) is 1.62. The van der Waals surface area contributed by atoms with E-state index < -0.39 is 18.2 Å². The van der Waals surface area contributed by atoms with Gasteiger partial charge in [-0.15, -0.1) is 0 Å². The van der Waals surface area contributed by atoms with Crippen LogP contribution < -0.4 is 5.32 Å². The van der Waals surface area contributed by atoms with Crippen LogP contribution >= 0.6 is 23.4 Å². The van der Waals surface area contributed by atoms with E-state index in [2.05, 4.69) is 5.32 Å². The Morgan fingerprint density at radius 1 is 1.17 bits per heavy atom. The quantitative estimate of drug-likeness (QED) is 0.591. The number of carbonyl (C=O) groups excluding carboxylic acids is 3. The van der Waals surface area contributed by atoms with Crippen molar-refractivity contribution in [2.75, 3.05) is 32.1 Å². The maximum atomic E-state index is 13.5. The first-order valence-corrected chi connectivity index (χ1v) is 13.4. The van der Waals surface area contributed by atoms with Gasteiger partial charge < -0.3 is 15.1 Å². The summed E-state index contributed by atoms with van der Waals surface area (Å²) < 4.78 is 13.2. The molecule has 4 rings (SSSR count). The highest BCUT2D eigenvalue weighted by molar-refractivity contribution is 7.98. The van der Waals surface area contributed by atoms with Crippen molar-refractivity contribution in [3.05, 3.63) is 70.5 Å². The van der Waals surface area contributed by atoms with Gasteiger partial charge in [0.15, 0.2) is 0 Å². The van der Waals surface area contributed by atoms with Crippen LogP contribution in [0.25, 0.3) is 0 Å². The first-order valence-electron chi connectivity index (χ1n) is 11.6. The number of piperazine rings is 1. The minimum atomic E-state index is -0.663. The third-order valence-electron chi connectivity index (χ3n) is 6.36. The normalized spacial score (nSPS) is 20.5. The summed E-state index contributed by atoms with van der Waals surface area (Å²) in [6.07, 6.45) is 1.78. The van der Waals surface area contributed by atoms with Crippen LogP contribution in [0.4, 0.5) is 9.18 Å². The van der Waals surface area contributed by atoms with Crippen molar-refractivity contribution in [1.29, 1.82) is 0 Å². The molecule has 2 atom stereocenters. The molecule has 1 unspecified atom stereocenters. The van der Waals surface area contributed by atoms with Crippen molar-refractivity contribution >= 4 is 41.2 Å². The van der Waals surface area contributed by atoms with Crippen LogP contribution in [-0.4, -0.2) is 82.0 Å². The van der Waals surface area contributed by atoms with Gasteiger partial charge in [0, 0.05) is 25.2 Å². The summed E-state index contributed by atoms with van der Waals surface area (Å²) in [5.74, 6) is 0.0274. The maximum Gasteiger partial charge on any atom is 0.334 e.